The second-order valence-electron chi connectivity index (χ2n) is 4.41. The number of nitrogens with zero attached hydrogens (tertiary/aromatic N) is 1. The van der Waals surface area contributed by atoms with E-state index >= 15 is 0 Å². The lowest BCUT2D eigenvalue weighted by Crippen LogP contribution is -2.38. The summed E-state index contributed by atoms with van der Waals surface area (Å²) in [7, 11) is 0. The molecule has 0 aliphatic carbocycles. The third kappa shape index (κ3) is 4.37. The number of aromatic amines is 1. The smallest absolute Gasteiger partial charge is 0.244 e. The molecule has 0 aliphatic rings. The summed E-state index contributed by atoms with van der Waals surface area (Å²) in [5, 5.41) is 12.0. The Bertz CT molecular complexity index is 550. The second kappa shape index (κ2) is 7.25. The van der Waals surface area contributed by atoms with E-state index in [9.17, 15) is 9.90 Å². The summed E-state index contributed by atoms with van der Waals surface area (Å²) < 4.78 is 0. The number of amides is 1. The van der Waals surface area contributed by atoms with Crippen molar-refractivity contribution in [3.05, 3.63) is 60.2 Å². The SMILES string of the molecule is O=C(/C=C/c1ccccc1)N[C@@H](CO)Cc1cnc[nH]1. The number of hydrogen-bond donors (Lipinski definition) is 3. The zero-order valence-corrected chi connectivity index (χ0v) is 11.0. The molecule has 5 heteroatoms. The van der Waals surface area contributed by atoms with Crippen molar-refractivity contribution in [2.45, 2.75) is 12.5 Å². The third-order valence-corrected chi connectivity index (χ3v) is 2.81. The molecule has 1 heterocycles. The van der Waals surface area contributed by atoms with Crippen LogP contribution in [0.15, 0.2) is 48.9 Å². The van der Waals surface area contributed by atoms with E-state index < -0.39 is 0 Å². The molecule has 1 amide bonds. The van der Waals surface area contributed by atoms with Gasteiger partial charge in [-0.25, -0.2) is 4.98 Å². The van der Waals surface area contributed by atoms with Crippen molar-refractivity contribution < 1.29 is 9.90 Å². The molecule has 20 heavy (non-hydrogen) atoms. The van der Waals surface area contributed by atoms with E-state index in [1.807, 2.05) is 30.3 Å². The quantitative estimate of drug-likeness (QED) is 0.689. The van der Waals surface area contributed by atoms with Crippen molar-refractivity contribution in [3.63, 3.8) is 0 Å². The van der Waals surface area contributed by atoms with Crippen LogP contribution >= 0.6 is 0 Å². The summed E-state index contributed by atoms with van der Waals surface area (Å²) in [5.74, 6) is -0.229. The fraction of sp³-hybridized carbons (Fsp3) is 0.200. The molecule has 0 saturated carbocycles. The number of aliphatic hydroxyl groups is 1. The Labute approximate surface area is 117 Å². The lowest BCUT2D eigenvalue weighted by Gasteiger charge is -2.13. The molecule has 0 aliphatic heterocycles. The Balaban J connectivity index is 1.87. The van der Waals surface area contributed by atoms with Gasteiger partial charge in [0, 0.05) is 24.4 Å². The number of carbonyl (C=O) groups excluding carboxylic acids is 1. The topological polar surface area (TPSA) is 78.0 Å². The molecular formula is C15H17N3O2. The first-order valence-corrected chi connectivity index (χ1v) is 6.39. The Morgan fingerprint density at radius 1 is 1.40 bits per heavy atom. The summed E-state index contributed by atoms with van der Waals surface area (Å²) in [6, 6.07) is 9.24. The third-order valence-electron chi connectivity index (χ3n) is 2.81. The average Bonchev–Trinajstić information content (AvgIpc) is 2.98. The summed E-state index contributed by atoms with van der Waals surface area (Å²) in [6.45, 7) is -0.121. The van der Waals surface area contributed by atoms with Crippen LogP contribution in [-0.4, -0.2) is 33.6 Å². The van der Waals surface area contributed by atoms with Gasteiger partial charge in [0.25, 0.3) is 0 Å². The first-order chi connectivity index (χ1) is 9.78. The molecule has 2 rings (SSSR count). The minimum atomic E-state index is -0.330. The molecule has 1 atom stereocenters. The Morgan fingerprint density at radius 2 is 2.20 bits per heavy atom. The van der Waals surface area contributed by atoms with Crippen molar-refractivity contribution in [3.8, 4) is 0 Å². The summed E-state index contributed by atoms with van der Waals surface area (Å²) >= 11 is 0. The molecule has 104 valence electrons. The maximum Gasteiger partial charge on any atom is 0.244 e. The molecular weight excluding hydrogens is 254 g/mol. The first-order valence-electron chi connectivity index (χ1n) is 6.39. The fourth-order valence-corrected chi connectivity index (χ4v) is 1.81. The molecule has 2 aromatic rings. The van der Waals surface area contributed by atoms with Crippen LogP contribution in [-0.2, 0) is 11.2 Å². The lowest BCUT2D eigenvalue weighted by atomic mass is 10.1. The van der Waals surface area contributed by atoms with E-state index in [-0.39, 0.29) is 18.6 Å². The predicted octanol–water partition coefficient (Wildman–Crippen LogP) is 1.14. The molecule has 0 unspecified atom stereocenters. The highest BCUT2D eigenvalue weighted by Gasteiger charge is 2.11. The normalized spacial score (nSPS) is 12.4. The molecule has 0 spiro atoms. The predicted molar refractivity (Wildman–Crippen MR) is 76.8 cm³/mol. The van der Waals surface area contributed by atoms with Crippen LogP contribution in [0.5, 0.6) is 0 Å². The van der Waals surface area contributed by atoms with E-state index in [1.165, 1.54) is 6.08 Å². The summed E-state index contributed by atoms with van der Waals surface area (Å²) in [6.07, 6.45) is 6.96. The highest BCUT2D eigenvalue weighted by atomic mass is 16.3. The standard InChI is InChI=1S/C15H17N3O2/c19-10-14(8-13-9-16-11-17-13)18-15(20)7-6-12-4-2-1-3-5-12/h1-7,9,11,14,19H,8,10H2,(H,16,17)(H,18,20)/b7-6+/t14-/m1/s1. The number of hydrogen-bond acceptors (Lipinski definition) is 3. The van der Waals surface area contributed by atoms with Crippen LogP contribution < -0.4 is 5.32 Å². The van der Waals surface area contributed by atoms with Crippen LogP contribution in [0.4, 0.5) is 0 Å². The molecule has 3 N–H and O–H groups in total. The number of nitrogens with one attached hydrogen (secondary N) is 2. The molecule has 0 saturated heterocycles. The number of benzene rings is 1. The largest absolute Gasteiger partial charge is 0.394 e. The van der Waals surface area contributed by atoms with Gasteiger partial charge in [0.2, 0.25) is 5.91 Å². The molecule has 1 aromatic heterocycles. The minimum Gasteiger partial charge on any atom is -0.394 e. The van der Waals surface area contributed by atoms with Crippen molar-refractivity contribution in [1.82, 2.24) is 15.3 Å². The van der Waals surface area contributed by atoms with Gasteiger partial charge in [-0.05, 0) is 11.6 Å². The van der Waals surface area contributed by atoms with Crippen LogP contribution in [0.1, 0.15) is 11.3 Å². The number of aliphatic hydroxyl groups excluding tert-OH is 1. The number of aromatic nitrogens is 2. The number of H-pyrrole nitrogens is 1. The molecule has 1 aromatic carbocycles. The monoisotopic (exact) mass is 271 g/mol. The van der Waals surface area contributed by atoms with Gasteiger partial charge in [-0.3, -0.25) is 4.79 Å². The fourth-order valence-electron chi connectivity index (χ4n) is 1.81. The van der Waals surface area contributed by atoms with E-state index in [4.69, 9.17) is 0 Å². The van der Waals surface area contributed by atoms with E-state index in [1.54, 1.807) is 18.6 Å². The van der Waals surface area contributed by atoms with E-state index in [0.29, 0.717) is 6.42 Å². The van der Waals surface area contributed by atoms with E-state index in [2.05, 4.69) is 15.3 Å². The molecule has 0 fully saturated rings. The highest BCUT2D eigenvalue weighted by Crippen LogP contribution is 2.01. The van der Waals surface area contributed by atoms with Crippen LogP contribution in [0.2, 0.25) is 0 Å². The van der Waals surface area contributed by atoms with Crippen LogP contribution in [0, 0.1) is 0 Å². The summed E-state index contributed by atoms with van der Waals surface area (Å²) in [5.41, 5.74) is 1.83. The number of carbonyl (C=O) groups is 1. The molecule has 0 radical (unpaired) electrons. The summed E-state index contributed by atoms with van der Waals surface area (Å²) in [4.78, 5) is 18.6. The zero-order valence-electron chi connectivity index (χ0n) is 11.0. The first kappa shape index (κ1) is 14.0. The van der Waals surface area contributed by atoms with Gasteiger partial charge in [-0.15, -0.1) is 0 Å². The Morgan fingerprint density at radius 3 is 2.85 bits per heavy atom. The molecule has 5 nitrogen and oxygen atoms in total. The van der Waals surface area contributed by atoms with Gasteiger partial charge >= 0.3 is 0 Å². The second-order valence-corrected chi connectivity index (χ2v) is 4.41. The van der Waals surface area contributed by atoms with Crippen LogP contribution in [0.25, 0.3) is 6.08 Å². The Hall–Kier alpha value is -2.40. The van der Waals surface area contributed by atoms with E-state index in [0.717, 1.165) is 11.3 Å². The van der Waals surface area contributed by atoms with Gasteiger partial charge in [-0.2, -0.15) is 0 Å². The lowest BCUT2D eigenvalue weighted by molar-refractivity contribution is -0.117. The van der Waals surface area contributed by atoms with Crippen molar-refractivity contribution >= 4 is 12.0 Å². The van der Waals surface area contributed by atoms with Gasteiger partial charge in [0.05, 0.1) is 19.0 Å². The van der Waals surface area contributed by atoms with Crippen LogP contribution in [0.3, 0.4) is 0 Å². The number of imidazole rings is 1. The maximum absolute atomic E-state index is 11.8. The van der Waals surface area contributed by atoms with Crippen molar-refractivity contribution in [2.75, 3.05) is 6.61 Å². The van der Waals surface area contributed by atoms with Gasteiger partial charge < -0.3 is 15.4 Å². The average molecular weight is 271 g/mol. The number of rotatable bonds is 6. The maximum atomic E-state index is 11.8. The van der Waals surface area contributed by atoms with Crippen molar-refractivity contribution in [2.24, 2.45) is 0 Å². The molecule has 0 bridgehead atoms. The van der Waals surface area contributed by atoms with Gasteiger partial charge in [-0.1, -0.05) is 30.3 Å². The highest BCUT2D eigenvalue weighted by molar-refractivity contribution is 5.91. The zero-order chi connectivity index (χ0) is 14.2. The van der Waals surface area contributed by atoms with Crippen molar-refractivity contribution in [1.29, 1.82) is 0 Å². The Kier molecular flexibility index (Phi) is 5.08. The minimum absolute atomic E-state index is 0.121. The van der Waals surface area contributed by atoms with Gasteiger partial charge in [0.15, 0.2) is 0 Å². The van der Waals surface area contributed by atoms with Gasteiger partial charge in [0.1, 0.15) is 0 Å².